The number of methoxy groups -OCH3 is 2. The number of hydrogen-bond donors (Lipinski definition) is 1. The van der Waals surface area contributed by atoms with Gasteiger partial charge in [0.2, 0.25) is 0 Å². The van der Waals surface area contributed by atoms with Crippen LogP contribution in [0.1, 0.15) is 18.2 Å². The molecule has 1 aliphatic heterocycles. The molecule has 1 N–H and O–H groups in total. The van der Waals surface area contributed by atoms with Gasteiger partial charge in [-0.15, -0.1) is 0 Å². The van der Waals surface area contributed by atoms with Crippen molar-refractivity contribution in [2.24, 2.45) is 0 Å². The molecular weight excluding hydrogens is 252 g/mol. The number of ether oxygens (including phenoxy) is 3. The molecule has 0 unspecified atom stereocenters. The Morgan fingerprint density at radius 1 is 1.47 bits per heavy atom. The number of aromatic nitrogens is 2. The van der Waals surface area contributed by atoms with Gasteiger partial charge in [0.15, 0.2) is 0 Å². The smallest absolute Gasteiger partial charge is 0.330 e. The van der Waals surface area contributed by atoms with E-state index in [2.05, 4.69) is 4.98 Å². The van der Waals surface area contributed by atoms with Crippen molar-refractivity contribution in [3.63, 3.8) is 0 Å². The molecule has 1 aliphatic rings. The zero-order chi connectivity index (χ0) is 14.0. The molecule has 0 aliphatic carbocycles. The van der Waals surface area contributed by atoms with Gasteiger partial charge in [-0.3, -0.25) is 14.3 Å². The zero-order valence-electron chi connectivity index (χ0n) is 11.2. The first-order valence-corrected chi connectivity index (χ1v) is 6.06. The standard InChI is InChI=1S/C12H18N2O5/c1-7-5-14(12(16)13-11(7)15)10-4-8(18-3)9(19-10)6-17-2/h5,8-10H,4,6H2,1-3H3,(H,13,15,16)/t8-,9-,10-/m1/s1. The van der Waals surface area contributed by atoms with E-state index >= 15 is 0 Å². The third-order valence-electron chi connectivity index (χ3n) is 3.27. The Morgan fingerprint density at radius 3 is 2.84 bits per heavy atom. The maximum atomic E-state index is 11.8. The van der Waals surface area contributed by atoms with E-state index in [9.17, 15) is 9.59 Å². The monoisotopic (exact) mass is 270 g/mol. The van der Waals surface area contributed by atoms with Crippen LogP contribution < -0.4 is 11.2 Å². The molecule has 1 fully saturated rings. The Balaban J connectivity index is 2.27. The molecule has 1 aromatic rings. The zero-order valence-corrected chi connectivity index (χ0v) is 11.2. The Bertz CT molecular complexity index is 550. The molecule has 0 aromatic carbocycles. The summed E-state index contributed by atoms with van der Waals surface area (Å²) in [5.74, 6) is 0. The van der Waals surface area contributed by atoms with Gasteiger partial charge in [0.1, 0.15) is 12.3 Å². The number of nitrogens with one attached hydrogen (secondary N) is 1. The van der Waals surface area contributed by atoms with Crippen LogP contribution in [0.2, 0.25) is 0 Å². The topological polar surface area (TPSA) is 82.5 Å². The summed E-state index contributed by atoms with van der Waals surface area (Å²) in [6.45, 7) is 2.04. The van der Waals surface area contributed by atoms with Gasteiger partial charge in [0.05, 0.1) is 12.7 Å². The average Bonchev–Trinajstić information content (AvgIpc) is 2.77. The first kappa shape index (κ1) is 14.0. The Kier molecular flexibility index (Phi) is 4.18. The highest BCUT2D eigenvalue weighted by atomic mass is 16.6. The minimum atomic E-state index is -0.478. The van der Waals surface area contributed by atoms with Crippen molar-refractivity contribution < 1.29 is 14.2 Å². The Labute approximate surface area is 110 Å². The Hall–Kier alpha value is -1.44. The summed E-state index contributed by atoms with van der Waals surface area (Å²) in [6.07, 6.45) is 1.24. The molecule has 0 spiro atoms. The highest BCUT2D eigenvalue weighted by molar-refractivity contribution is 5.02. The predicted octanol–water partition coefficient (Wildman–Crippen LogP) is -0.206. The number of nitrogens with zero attached hydrogens (tertiary/aromatic N) is 1. The summed E-state index contributed by atoms with van der Waals surface area (Å²) < 4.78 is 17.5. The lowest BCUT2D eigenvalue weighted by Crippen LogP contribution is -2.33. The van der Waals surface area contributed by atoms with Crippen LogP contribution in [0.25, 0.3) is 0 Å². The summed E-state index contributed by atoms with van der Waals surface area (Å²) in [4.78, 5) is 25.4. The van der Waals surface area contributed by atoms with E-state index in [4.69, 9.17) is 14.2 Å². The maximum absolute atomic E-state index is 11.8. The van der Waals surface area contributed by atoms with Crippen LogP contribution in [0, 0.1) is 6.92 Å². The fourth-order valence-electron chi connectivity index (χ4n) is 2.23. The van der Waals surface area contributed by atoms with E-state index in [-0.39, 0.29) is 17.8 Å². The van der Waals surface area contributed by atoms with Gasteiger partial charge in [-0.1, -0.05) is 0 Å². The van der Waals surface area contributed by atoms with E-state index in [1.807, 2.05) is 0 Å². The largest absolute Gasteiger partial charge is 0.382 e. The quantitative estimate of drug-likeness (QED) is 0.819. The summed E-state index contributed by atoms with van der Waals surface area (Å²) in [6, 6.07) is 0. The lowest BCUT2D eigenvalue weighted by atomic mass is 10.2. The lowest BCUT2D eigenvalue weighted by molar-refractivity contribution is -0.0618. The summed E-state index contributed by atoms with van der Waals surface area (Å²) in [5, 5.41) is 0. The van der Waals surface area contributed by atoms with Crippen molar-refractivity contribution in [1.82, 2.24) is 9.55 Å². The van der Waals surface area contributed by atoms with Crippen LogP contribution in [0.4, 0.5) is 0 Å². The van der Waals surface area contributed by atoms with Gasteiger partial charge < -0.3 is 14.2 Å². The number of rotatable bonds is 4. The molecule has 1 saturated heterocycles. The normalized spacial score (nSPS) is 26.8. The van der Waals surface area contributed by atoms with E-state index in [1.54, 1.807) is 21.1 Å². The van der Waals surface area contributed by atoms with Crippen LogP contribution in [-0.4, -0.2) is 42.6 Å². The third-order valence-corrected chi connectivity index (χ3v) is 3.27. The lowest BCUT2D eigenvalue weighted by Gasteiger charge is -2.16. The van der Waals surface area contributed by atoms with Crippen molar-refractivity contribution in [3.05, 3.63) is 32.6 Å². The van der Waals surface area contributed by atoms with Crippen molar-refractivity contribution >= 4 is 0 Å². The number of hydrogen-bond acceptors (Lipinski definition) is 5. The van der Waals surface area contributed by atoms with Crippen molar-refractivity contribution in [2.75, 3.05) is 20.8 Å². The summed E-state index contributed by atoms with van der Waals surface area (Å²) >= 11 is 0. The maximum Gasteiger partial charge on any atom is 0.330 e. The van der Waals surface area contributed by atoms with Gasteiger partial charge in [-0.25, -0.2) is 4.79 Å². The van der Waals surface area contributed by atoms with E-state index < -0.39 is 11.9 Å². The molecule has 0 amide bonds. The first-order chi connectivity index (χ1) is 9.06. The molecule has 106 valence electrons. The SMILES string of the molecule is COC[C@H]1O[C@@H](n2cc(C)c(=O)[nH]c2=O)C[C@H]1OC. The second-order valence-corrected chi connectivity index (χ2v) is 4.57. The van der Waals surface area contributed by atoms with Crippen LogP contribution in [0.3, 0.4) is 0 Å². The van der Waals surface area contributed by atoms with Crippen LogP contribution >= 0.6 is 0 Å². The molecule has 0 saturated carbocycles. The van der Waals surface area contributed by atoms with Gasteiger partial charge in [0.25, 0.3) is 5.56 Å². The Morgan fingerprint density at radius 2 is 2.21 bits per heavy atom. The number of aromatic amines is 1. The highest BCUT2D eigenvalue weighted by Gasteiger charge is 2.36. The van der Waals surface area contributed by atoms with Gasteiger partial charge >= 0.3 is 5.69 Å². The van der Waals surface area contributed by atoms with Gasteiger partial charge in [-0.2, -0.15) is 0 Å². The summed E-state index contributed by atoms with van der Waals surface area (Å²) in [7, 11) is 3.18. The fraction of sp³-hybridized carbons (Fsp3) is 0.667. The second kappa shape index (κ2) is 5.68. The minimum Gasteiger partial charge on any atom is -0.382 e. The van der Waals surface area contributed by atoms with E-state index in [0.717, 1.165) is 0 Å². The number of H-pyrrole nitrogens is 1. The molecule has 1 aromatic heterocycles. The minimum absolute atomic E-state index is 0.135. The van der Waals surface area contributed by atoms with E-state index in [0.29, 0.717) is 18.6 Å². The average molecular weight is 270 g/mol. The first-order valence-electron chi connectivity index (χ1n) is 6.06. The van der Waals surface area contributed by atoms with E-state index in [1.165, 1.54) is 10.8 Å². The van der Waals surface area contributed by atoms with Crippen molar-refractivity contribution in [2.45, 2.75) is 31.8 Å². The van der Waals surface area contributed by atoms with Crippen LogP contribution in [0.5, 0.6) is 0 Å². The van der Waals surface area contributed by atoms with Crippen molar-refractivity contribution in [1.29, 1.82) is 0 Å². The second-order valence-electron chi connectivity index (χ2n) is 4.57. The molecule has 7 heteroatoms. The predicted molar refractivity (Wildman–Crippen MR) is 67.3 cm³/mol. The molecule has 7 nitrogen and oxygen atoms in total. The molecule has 2 heterocycles. The fourth-order valence-corrected chi connectivity index (χ4v) is 2.23. The molecule has 19 heavy (non-hydrogen) atoms. The van der Waals surface area contributed by atoms with Gasteiger partial charge in [0, 0.05) is 32.4 Å². The third kappa shape index (κ3) is 2.78. The number of aryl methyl sites for hydroxylation is 1. The molecule has 3 atom stereocenters. The summed E-state index contributed by atoms with van der Waals surface area (Å²) in [5.41, 5.74) is -0.392. The van der Waals surface area contributed by atoms with Crippen LogP contribution in [-0.2, 0) is 14.2 Å². The van der Waals surface area contributed by atoms with Crippen LogP contribution in [0.15, 0.2) is 15.8 Å². The molecule has 0 bridgehead atoms. The molecule has 0 radical (unpaired) electrons. The molecular formula is C12H18N2O5. The van der Waals surface area contributed by atoms with Crippen molar-refractivity contribution in [3.8, 4) is 0 Å². The van der Waals surface area contributed by atoms with Gasteiger partial charge in [-0.05, 0) is 6.92 Å². The molecule has 2 rings (SSSR count). The highest BCUT2D eigenvalue weighted by Crippen LogP contribution is 2.29.